The van der Waals surface area contributed by atoms with E-state index in [0.717, 1.165) is 5.56 Å². The Kier molecular flexibility index (Phi) is 9.11. The fourth-order valence-corrected chi connectivity index (χ4v) is 6.21. The number of halogens is 2. The zero-order chi connectivity index (χ0) is 32.4. The van der Waals surface area contributed by atoms with Crippen LogP contribution in [0.2, 0.25) is 0 Å². The highest BCUT2D eigenvalue weighted by Crippen LogP contribution is 2.37. The van der Waals surface area contributed by atoms with Crippen molar-refractivity contribution in [1.29, 1.82) is 0 Å². The first-order valence-corrected chi connectivity index (χ1v) is 15.5. The summed E-state index contributed by atoms with van der Waals surface area (Å²) in [5.41, 5.74) is 0.951. The summed E-state index contributed by atoms with van der Waals surface area (Å²) >= 11 is 1.25. The van der Waals surface area contributed by atoms with Crippen molar-refractivity contribution in [3.63, 3.8) is 0 Å². The second-order valence-electron chi connectivity index (χ2n) is 10.8. The first-order chi connectivity index (χ1) is 21.6. The number of hydrogen-bond acceptors (Lipinski definition) is 7. The molecule has 0 aliphatic carbocycles. The van der Waals surface area contributed by atoms with E-state index in [0.29, 0.717) is 16.3 Å². The highest BCUT2D eigenvalue weighted by atomic mass is 32.2. The lowest BCUT2D eigenvalue weighted by molar-refractivity contribution is -0.126. The zero-order valence-electron chi connectivity index (χ0n) is 25.3. The molecule has 0 radical (unpaired) electrons. The van der Waals surface area contributed by atoms with Gasteiger partial charge in [-0.05, 0) is 55.0 Å². The molecule has 1 saturated heterocycles. The van der Waals surface area contributed by atoms with Gasteiger partial charge in [0.05, 0.1) is 34.9 Å². The third kappa shape index (κ3) is 5.83. The second kappa shape index (κ2) is 13.0. The third-order valence-corrected chi connectivity index (χ3v) is 8.50. The van der Waals surface area contributed by atoms with Crippen LogP contribution in [0, 0.1) is 25.1 Å². The number of rotatable bonds is 7. The van der Waals surface area contributed by atoms with Crippen molar-refractivity contribution in [2.75, 3.05) is 30.8 Å². The Morgan fingerprint density at radius 3 is 2.67 bits per heavy atom. The zero-order valence-corrected chi connectivity index (χ0v) is 26.1. The van der Waals surface area contributed by atoms with Gasteiger partial charge in [0.1, 0.15) is 17.3 Å². The number of piperazine rings is 1. The van der Waals surface area contributed by atoms with Crippen LogP contribution in [0.4, 0.5) is 14.6 Å². The average Bonchev–Trinajstić information content (AvgIpc) is 3.03. The molecule has 1 atom stereocenters. The van der Waals surface area contributed by atoms with E-state index in [2.05, 4.69) is 26.4 Å². The van der Waals surface area contributed by atoms with E-state index in [4.69, 9.17) is 6.57 Å². The average molecular weight is 628 g/mol. The largest absolute Gasteiger partial charge is 0.355 e. The molecule has 3 aromatic heterocycles. The number of fused-ring (bicyclic) bond motifs is 1. The van der Waals surface area contributed by atoms with Crippen molar-refractivity contribution >= 4 is 34.5 Å². The van der Waals surface area contributed by atoms with E-state index >= 15 is 8.78 Å². The SMILES string of the molecule is [C-]#[N+]/C=C/C1CN(C(=O)C=C)CCN1c1nc(=O)n(-c2c(C)ccnc2C(C)C)c2nc(-c3c(F)cccc3SC)c(F)cc12. The van der Waals surface area contributed by atoms with Crippen LogP contribution in [-0.2, 0) is 4.79 Å². The molecule has 1 fully saturated rings. The normalized spacial score (nSPS) is 15.2. The first-order valence-electron chi connectivity index (χ1n) is 14.2. The Morgan fingerprint density at radius 2 is 1.98 bits per heavy atom. The van der Waals surface area contributed by atoms with Crippen LogP contribution in [0.15, 0.2) is 71.1 Å². The van der Waals surface area contributed by atoms with Crippen LogP contribution in [0.1, 0.15) is 31.0 Å². The number of amides is 1. The Balaban J connectivity index is 1.86. The molecule has 4 heterocycles. The molecule has 1 aliphatic heterocycles. The molecular weight excluding hydrogens is 596 g/mol. The van der Waals surface area contributed by atoms with Gasteiger partial charge in [0.25, 0.3) is 0 Å². The standard InChI is InChI=1S/C33H31F2N7O2S/c1-7-26(43)40-15-16-41(21(18-40)12-13-36-5)31-22-17-24(35)29(27-23(34)9-8-10-25(27)45-6)38-32(22)42(33(44)39-31)30-20(4)11-14-37-28(30)19(2)3/h7-14,17,19,21H,1,15-16,18H2,2-4,6H3/b13-12+. The van der Waals surface area contributed by atoms with Gasteiger partial charge in [-0.15, -0.1) is 11.8 Å². The van der Waals surface area contributed by atoms with Crippen LogP contribution in [0.3, 0.4) is 0 Å². The fraction of sp³-hybridized carbons (Fsp3) is 0.273. The fourth-order valence-electron chi connectivity index (χ4n) is 5.60. The quantitative estimate of drug-likeness (QED) is 0.143. The molecule has 45 heavy (non-hydrogen) atoms. The molecule has 9 nitrogen and oxygen atoms in total. The van der Waals surface area contributed by atoms with Crippen molar-refractivity contribution in [1.82, 2.24) is 24.4 Å². The first kappa shape index (κ1) is 31.5. The summed E-state index contributed by atoms with van der Waals surface area (Å²) < 4.78 is 32.8. The van der Waals surface area contributed by atoms with Gasteiger partial charge < -0.3 is 9.80 Å². The number of carbonyl (C=O) groups excluding carboxylic acids is 1. The van der Waals surface area contributed by atoms with E-state index < -0.39 is 23.4 Å². The van der Waals surface area contributed by atoms with Gasteiger partial charge in [0.2, 0.25) is 5.91 Å². The number of aromatic nitrogens is 4. The lowest BCUT2D eigenvalue weighted by atomic mass is 10.0. The van der Waals surface area contributed by atoms with Gasteiger partial charge >= 0.3 is 5.69 Å². The van der Waals surface area contributed by atoms with Gasteiger partial charge in [-0.3, -0.25) is 9.78 Å². The van der Waals surface area contributed by atoms with Gasteiger partial charge in [-0.25, -0.2) is 28.0 Å². The minimum atomic E-state index is -0.795. The predicted octanol–water partition coefficient (Wildman–Crippen LogP) is 5.91. The second-order valence-corrected chi connectivity index (χ2v) is 11.6. The number of carbonyl (C=O) groups is 1. The number of aryl methyl sites for hydroxylation is 1. The smallest absolute Gasteiger partial charge is 0.347 e. The van der Waals surface area contributed by atoms with Gasteiger partial charge in [-0.1, -0.05) is 32.6 Å². The van der Waals surface area contributed by atoms with Crippen molar-refractivity contribution in [2.24, 2.45) is 0 Å². The minimum Gasteiger partial charge on any atom is -0.347 e. The Labute approximate surface area is 263 Å². The molecule has 1 amide bonds. The van der Waals surface area contributed by atoms with E-state index in [1.165, 1.54) is 40.7 Å². The molecule has 0 saturated carbocycles. The molecule has 0 spiro atoms. The summed E-state index contributed by atoms with van der Waals surface area (Å²) in [4.78, 5) is 47.4. The summed E-state index contributed by atoms with van der Waals surface area (Å²) in [6.07, 6.45) is 7.52. The third-order valence-electron chi connectivity index (χ3n) is 7.72. The number of thioether (sulfide) groups is 1. The molecule has 0 bridgehead atoms. The molecule has 1 unspecified atom stereocenters. The van der Waals surface area contributed by atoms with Crippen molar-refractivity contribution in [3.8, 4) is 16.9 Å². The van der Waals surface area contributed by atoms with Crippen LogP contribution in [0.25, 0.3) is 32.8 Å². The lowest BCUT2D eigenvalue weighted by Gasteiger charge is -2.41. The molecule has 12 heteroatoms. The summed E-state index contributed by atoms with van der Waals surface area (Å²) in [6.45, 7) is 17.3. The van der Waals surface area contributed by atoms with Crippen molar-refractivity contribution in [3.05, 3.63) is 106 Å². The van der Waals surface area contributed by atoms with Crippen molar-refractivity contribution in [2.45, 2.75) is 37.6 Å². The van der Waals surface area contributed by atoms with Crippen LogP contribution in [0.5, 0.6) is 0 Å². The van der Waals surface area contributed by atoms with Crippen LogP contribution in [-0.4, -0.2) is 62.3 Å². The summed E-state index contributed by atoms with van der Waals surface area (Å²) in [6, 6.07) is 6.90. The topological polar surface area (TPSA) is 88.6 Å². The molecule has 1 aliphatic rings. The number of hydrogen-bond donors (Lipinski definition) is 0. The van der Waals surface area contributed by atoms with E-state index in [1.807, 2.05) is 20.8 Å². The molecule has 5 rings (SSSR count). The van der Waals surface area contributed by atoms with E-state index in [-0.39, 0.29) is 59.6 Å². The maximum Gasteiger partial charge on any atom is 0.355 e. The van der Waals surface area contributed by atoms with E-state index in [1.54, 1.807) is 46.5 Å². The number of anilines is 1. The Hall–Kier alpha value is -4.89. The summed E-state index contributed by atoms with van der Waals surface area (Å²) in [5, 5.41) is 0.209. The number of pyridine rings is 2. The molecule has 1 aromatic carbocycles. The Morgan fingerprint density at radius 1 is 1.20 bits per heavy atom. The highest BCUT2D eigenvalue weighted by molar-refractivity contribution is 7.98. The highest BCUT2D eigenvalue weighted by Gasteiger charge is 2.32. The van der Waals surface area contributed by atoms with Gasteiger partial charge in [0.15, 0.2) is 17.7 Å². The molecule has 4 aromatic rings. The van der Waals surface area contributed by atoms with Crippen molar-refractivity contribution < 1.29 is 13.6 Å². The van der Waals surface area contributed by atoms with Gasteiger partial charge in [-0.2, -0.15) is 4.98 Å². The Bertz CT molecular complexity index is 1950. The minimum absolute atomic E-state index is 0.0110. The van der Waals surface area contributed by atoms with E-state index in [9.17, 15) is 9.59 Å². The summed E-state index contributed by atoms with van der Waals surface area (Å²) in [7, 11) is 0. The van der Waals surface area contributed by atoms with Crippen LogP contribution < -0.4 is 10.6 Å². The maximum atomic E-state index is 16.2. The monoisotopic (exact) mass is 627 g/mol. The predicted molar refractivity (Wildman–Crippen MR) is 173 cm³/mol. The number of benzene rings is 1. The molecule has 230 valence electrons. The lowest BCUT2D eigenvalue weighted by Crippen LogP contribution is -2.54. The van der Waals surface area contributed by atoms with Crippen LogP contribution >= 0.6 is 11.8 Å². The van der Waals surface area contributed by atoms with Gasteiger partial charge in [0, 0.05) is 30.7 Å². The maximum absolute atomic E-state index is 16.2. The molecule has 0 N–H and O–H groups in total. The summed E-state index contributed by atoms with van der Waals surface area (Å²) in [5.74, 6) is -1.67. The molecular formula is C33H31F2N7O2S. The number of nitrogens with zero attached hydrogens (tertiary/aromatic N) is 7.